The SMILES string of the molecule is NCCC(=O)Nc1cc2c(cc1Cl)OCO2. The minimum atomic E-state index is -0.178. The van der Waals surface area contributed by atoms with Crippen LogP contribution in [0.25, 0.3) is 0 Å². The molecule has 0 saturated heterocycles. The van der Waals surface area contributed by atoms with Crippen molar-refractivity contribution in [1.82, 2.24) is 0 Å². The maximum atomic E-state index is 11.3. The Kier molecular flexibility index (Phi) is 3.17. The molecule has 86 valence electrons. The second kappa shape index (κ2) is 4.59. The Balaban J connectivity index is 2.18. The highest BCUT2D eigenvalue weighted by atomic mass is 35.5. The van der Waals surface area contributed by atoms with E-state index >= 15 is 0 Å². The van der Waals surface area contributed by atoms with Gasteiger partial charge in [0.1, 0.15) is 0 Å². The van der Waals surface area contributed by atoms with Crippen LogP contribution >= 0.6 is 11.6 Å². The molecule has 0 radical (unpaired) electrons. The lowest BCUT2D eigenvalue weighted by Crippen LogP contribution is -2.16. The molecule has 3 N–H and O–H groups in total. The molecule has 0 unspecified atom stereocenters. The van der Waals surface area contributed by atoms with Gasteiger partial charge < -0.3 is 20.5 Å². The number of carbonyl (C=O) groups excluding carboxylic acids is 1. The molecule has 6 heteroatoms. The van der Waals surface area contributed by atoms with Gasteiger partial charge in [0.25, 0.3) is 0 Å². The maximum Gasteiger partial charge on any atom is 0.231 e. The summed E-state index contributed by atoms with van der Waals surface area (Å²) in [6.45, 7) is 0.472. The molecular formula is C10H11ClN2O3. The van der Waals surface area contributed by atoms with Crippen molar-refractivity contribution in [2.45, 2.75) is 6.42 Å². The number of hydrogen-bond donors (Lipinski definition) is 2. The third kappa shape index (κ3) is 2.20. The van der Waals surface area contributed by atoms with Gasteiger partial charge in [0.2, 0.25) is 12.7 Å². The fraction of sp³-hybridized carbons (Fsp3) is 0.300. The number of amides is 1. The molecule has 1 amide bonds. The van der Waals surface area contributed by atoms with Crippen molar-refractivity contribution >= 4 is 23.2 Å². The molecule has 0 bridgehead atoms. The molecule has 1 aliphatic rings. The minimum absolute atomic E-state index is 0.172. The van der Waals surface area contributed by atoms with Crippen molar-refractivity contribution < 1.29 is 14.3 Å². The van der Waals surface area contributed by atoms with E-state index in [9.17, 15) is 4.79 Å². The summed E-state index contributed by atoms with van der Waals surface area (Å²) in [5.74, 6) is 0.984. The number of benzene rings is 1. The predicted octanol–water partition coefficient (Wildman–Crippen LogP) is 1.36. The Labute approximate surface area is 97.5 Å². The Morgan fingerprint density at radius 1 is 1.44 bits per heavy atom. The lowest BCUT2D eigenvalue weighted by molar-refractivity contribution is -0.116. The number of carbonyl (C=O) groups is 1. The van der Waals surface area contributed by atoms with Gasteiger partial charge >= 0.3 is 0 Å². The number of nitrogens with one attached hydrogen (secondary N) is 1. The van der Waals surface area contributed by atoms with Crippen molar-refractivity contribution in [3.63, 3.8) is 0 Å². The largest absolute Gasteiger partial charge is 0.454 e. The summed E-state index contributed by atoms with van der Waals surface area (Å²) in [4.78, 5) is 11.3. The van der Waals surface area contributed by atoms with Crippen LogP contribution in [0.1, 0.15) is 6.42 Å². The van der Waals surface area contributed by atoms with Crippen molar-refractivity contribution in [2.24, 2.45) is 5.73 Å². The first-order valence-electron chi connectivity index (χ1n) is 4.80. The Morgan fingerprint density at radius 3 is 2.81 bits per heavy atom. The standard InChI is InChI=1S/C10H11ClN2O3/c11-6-3-8-9(16-5-15-8)4-7(6)13-10(14)1-2-12/h3-4H,1-2,5,12H2,(H,13,14). The summed E-state index contributed by atoms with van der Waals surface area (Å²) in [7, 11) is 0. The first kappa shape index (κ1) is 11.0. The van der Waals surface area contributed by atoms with Gasteiger partial charge in [-0.2, -0.15) is 0 Å². The number of hydrogen-bond acceptors (Lipinski definition) is 4. The highest BCUT2D eigenvalue weighted by Gasteiger charge is 2.17. The lowest BCUT2D eigenvalue weighted by Gasteiger charge is -2.07. The number of halogens is 1. The fourth-order valence-electron chi connectivity index (χ4n) is 1.36. The van der Waals surface area contributed by atoms with Gasteiger partial charge in [-0.1, -0.05) is 11.6 Å². The van der Waals surface area contributed by atoms with Crippen LogP contribution < -0.4 is 20.5 Å². The summed E-state index contributed by atoms with van der Waals surface area (Å²) < 4.78 is 10.3. The van der Waals surface area contributed by atoms with E-state index in [2.05, 4.69) is 5.32 Å². The molecule has 0 aromatic heterocycles. The second-order valence-corrected chi connectivity index (χ2v) is 3.68. The van der Waals surface area contributed by atoms with E-state index in [-0.39, 0.29) is 19.1 Å². The molecule has 1 aliphatic heterocycles. The summed E-state index contributed by atoms with van der Waals surface area (Å²) in [5.41, 5.74) is 5.78. The molecule has 0 saturated carbocycles. The van der Waals surface area contributed by atoms with Crippen LogP contribution in [0.5, 0.6) is 11.5 Å². The zero-order chi connectivity index (χ0) is 11.5. The van der Waals surface area contributed by atoms with E-state index in [4.69, 9.17) is 26.8 Å². The summed E-state index contributed by atoms with van der Waals surface area (Å²) in [6, 6.07) is 3.25. The number of ether oxygens (including phenoxy) is 2. The fourth-order valence-corrected chi connectivity index (χ4v) is 1.56. The molecule has 1 heterocycles. The zero-order valence-electron chi connectivity index (χ0n) is 8.46. The van der Waals surface area contributed by atoms with E-state index in [1.165, 1.54) is 0 Å². The topological polar surface area (TPSA) is 73.6 Å². The van der Waals surface area contributed by atoms with Crippen molar-refractivity contribution in [3.8, 4) is 11.5 Å². The van der Waals surface area contributed by atoms with E-state index in [1.54, 1.807) is 12.1 Å². The smallest absolute Gasteiger partial charge is 0.231 e. The maximum absolute atomic E-state index is 11.3. The second-order valence-electron chi connectivity index (χ2n) is 3.27. The lowest BCUT2D eigenvalue weighted by atomic mass is 10.2. The van der Waals surface area contributed by atoms with Crippen LogP contribution in [0.2, 0.25) is 5.02 Å². The molecule has 5 nitrogen and oxygen atoms in total. The van der Waals surface area contributed by atoms with Gasteiger partial charge in [-0.3, -0.25) is 4.79 Å². The third-order valence-corrected chi connectivity index (χ3v) is 2.42. The molecule has 0 aliphatic carbocycles. The van der Waals surface area contributed by atoms with E-state index in [1.807, 2.05) is 0 Å². The van der Waals surface area contributed by atoms with Crippen LogP contribution in [-0.2, 0) is 4.79 Å². The highest BCUT2D eigenvalue weighted by molar-refractivity contribution is 6.34. The molecule has 0 spiro atoms. The monoisotopic (exact) mass is 242 g/mol. The highest BCUT2D eigenvalue weighted by Crippen LogP contribution is 2.39. The van der Waals surface area contributed by atoms with Crippen molar-refractivity contribution in [2.75, 3.05) is 18.7 Å². The Hall–Kier alpha value is -1.46. The van der Waals surface area contributed by atoms with E-state index in [0.717, 1.165) is 0 Å². The van der Waals surface area contributed by atoms with Crippen LogP contribution in [-0.4, -0.2) is 19.2 Å². The summed E-state index contributed by atoms with van der Waals surface area (Å²) in [6.07, 6.45) is 0.255. The number of rotatable bonds is 3. The average Bonchev–Trinajstić information content (AvgIpc) is 2.65. The summed E-state index contributed by atoms with van der Waals surface area (Å²) in [5, 5.41) is 3.07. The van der Waals surface area contributed by atoms with Crippen LogP contribution in [0.4, 0.5) is 5.69 Å². The Bertz CT molecular complexity index is 423. The molecule has 1 aromatic rings. The molecule has 0 atom stereocenters. The quantitative estimate of drug-likeness (QED) is 0.839. The zero-order valence-corrected chi connectivity index (χ0v) is 9.21. The van der Waals surface area contributed by atoms with Gasteiger partial charge in [-0.15, -0.1) is 0 Å². The number of anilines is 1. The van der Waals surface area contributed by atoms with Gasteiger partial charge in [0.05, 0.1) is 10.7 Å². The third-order valence-electron chi connectivity index (χ3n) is 2.11. The first-order valence-corrected chi connectivity index (χ1v) is 5.17. The summed E-state index contributed by atoms with van der Waals surface area (Å²) >= 11 is 5.97. The molecule has 2 rings (SSSR count). The van der Waals surface area contributed by atoms with Gasteiger partial charge in [0.15, 0.2) is 11.5 Å². The number of fused-ring (bicyclic) bond motifs is 1. The van der Waals surface area contributed by atoms with Gasteiger partial charge in [-0.25, -0.2) is 0 Å². The van der Waals surface area contributed by atoms with Crippen LogP contribution in [0, 0.1) is 0 Å². The predicted molar refractivity (Wildman–Crippen MR) is 59.9 cm³/mol. The average molecular weight is 243 g/mol. The molecule has 16 heavy (non-hydrogen) atoms. The first-order chi connectivity index (χ1) is 7.70. The van der Waals surface area contributed by atoms with Crippen molar-refractivity contribution in [1.29, 1.82) is 0 Å². The van der Waals surface area contributed by atoms with E-state index < -0.39 is 0 Å². The van der Waals surface area contributed by atoms with Gasteiger partial charge in [-0.05, 0) is 0 Å². The molecule has 0 fully saturated rings. The Morgan fingerprint density at radius 2 is 2.12 bits per heavy atom. The molecular weight excluding hydrogens is 232 g/mol. The number of nitrogens with two attached hydrogens (primary N) is 1. The van der Waals surface area contributed by atoms with Gasteiger partial charge in [0, 0.05) is 25.1 Å². The van der Waals surface area contributed by atoms with Crippen LogP contribution in [0.3, 0.4) is 0 Å². The van der Waals surface area contributed by atoms with Crippen LogP contribution in [0.15, 0.2) is 12.1 Å². The van der Waals surface area contributed by atoms with Crippen molar-refractivity contribution in [3.05, 3.63) is 17.2 Å². The normalized spacial score (nSPS) is 12.6. The molecule has 1 aromatic carbocycles. The minimum Gasteiger partial charge on any atom is -0.454 e. The van der Waals surface area contributed by atoms with E-state index in [0.29, 0.717) is 28.8 Å².